The van der Waals surface area contributed by atoms with E-state index in [1.165, 1.54) is 7.11 Å². The summed E-state index contributed by atoms with van der Waals surface area (Å²) in [5.74, 6) is -0.494. The summed E-state index contributed by atoms with van der Waals surface area (Å²) in [4.78, 5) is 22.2. The highest BCUT2D eigenvalue weighted by Crippen LogP contribution is 2.23. The maximum absolute atomic E-state index is 12.0. The van der Waals surface area contributed by atoms with E-state index in [9.17, 15) is 14.9 Å². The second kappa shape index (κ2) is 6.24. The molecule has 10 nitrogen and oxygen atoms in total. The number of carbonyl (C=O) groups excluding carboxylic acids is 1. The van der Waals surface area contributed by atoms with Gasteiger partial charge in [-0.25, -0.2) is 0 Å². The van der Waals surface area contributed by atoms with Crippen molar-refractivity contribution in [3.05, 3.63) is 28.2 Å². The summed E-state index contributed by atoms with van der Waals surface area (Å²) >= 11 is 0. The number of nitrogens with one attached hydrogen (secondary N) is 1. The molecular weight excluding hydrogens is 292 g/mol. The van der Waals surface area contributed by atoms with Crippen LogP contribution in [0.1, 0.15) is 12.6 Å². The topological polar surface area (TPSA) is 117 Å². The third kappa shape index (κ3) is 3.05. The number of aromatic nitrogens is 4. The SMILES string of the molecule is CCn1ncc(NC(=O)Cn2cc([N+](=O)[O-])c(OC)n2)c1C. The molecule has 0 unspecified atom stereocenters. The Hall–Kier alpha value is -2.91. The van der Waals surface area contributed by atoms with Crippen molar-refractivity contribution in [3.63, 3.8) is 0 Å². The van der Waals surface area contributed by atoms with Gasteiger partial charge in [0.25, 0.3) is 0 Å². The van der Waals surface area contributed by atoms with Crippen LogP contribution in [0.25, 0.3) is 0 Å². The lowest BCUT2D eigenvalue weighted by molar-refractivity contribution is -0.385. The molecule has 0 saturated carbocycles. The molecule has 0 saturated heterocycles. The molecule has 0 aliphatic rings. The minimum atomic E-state index is -0.615. The van der Waals surface area contributed by atoms with Crippen molar-refractivity contribution in [2.75, 3.05) is 12.4 Å². The van der Waals surface area contributed by atoms with Gasteiger partial charge in [0.1, 0.15) is 12.7 Å². The normalized spacial score (nSPS) is 10.5. The largest absolute Gasteiger partial charge is 0.475 e. The predicted octanol–water partition coefficient (Wildman–Crippen LogP) is 0.963. The van der Waals surface area contributed by atoms with E-state index in [4.69, 9.17) is 4.74 Å². The van der Waals surface area contributed by atoms with Gasteiger partial charge in [0.05, 0.1) is 29.6 Å². The molecule has 22 heavy (non-hydrogen) atoms. The molecule has 0 spiro atoms. The lowest BCUT2D eigenvalue weighted by Gasteiger charge is -2.05. The van der Waals surface area contributed by atoms with E-state index in [-0.39, 0.29) is 24.0 Å². The molecule has 0 atom stereocenters. The van der Waals surface area contributed by atoms with Crippen LogP contribution in [0.2, 0.25) is 0 Å². The number of carbonyl (C=O) groups is 1. The number of aryl methyl sites for hydroxylation is 1. The van der Waals surface area contributed by atoms with E-state index in [2.05, 4.69) is 15.5 Å². The number of amides is 1. The highest BCUT2D eigenvalue weighted by Gasteiger charge is 2.21. The molecule has 2 heterocycles. The number of anilines is 1. The van der Waals surface area contributed by atoms with E-state index in [0.717, 1.165) is 16.6 Å². The second-order valence-corrected chi connectivity index (χ2v) is 4.49. The number of rotatable bonds is 6. The van der Waals surface area contributed by atoms with Crippen LogP contribution in [0.3, 0.4) is 0 Å². The van der Waals surface area contributed by atoms with Crippen LogP contribution in [0.15, 0.2) is 12.4 Å². The van der Waals surface area contributed by atoms with Gasteiger partial charge >= 0.3 is 11.6 Å². The molecule has 0 aliphatic carbocycles. The Bertz CT molecular complexity index is 705. The van der Waals surface area contributed by atoms with E-state index in [1.807, 2.05) is 13.8 Å². The third-order valence-electron chi connectivity index (χ3n) is 3.08. The smallest absolute Gasteiger partial charge is 0.350 e. The zero-order chi connectivity index (χ0) is 16.3. The van der Waals surface area contributed by atoms with Gasteiger partial charge in [-0.05, 0) is 13.8 Å². The number of hydrogen-bond donors (Lipinski definition) is 1. The van der Waals surface area contributed by atoms with Crippen LogP contribution in [-0.2, 0) is 17.9 Å². The molecule has 2 aromatic rings. The Labute approximate surface area is 125 Å². The van der Waals surface area contributed by atoms with Gasteiger partial charge in [-0.1, -0.05) is 0 Å². The molecule has 0 aliphatic heterocycles. The van der Waals surface area contributed by atoms with Crippen molar-refractivity contribution >= 4 is 17.3 Å². The Morgan fingerprint density at radius 3 is 2.77 bits per heavy atom. The predicted molar refractivity (Wildman–Crippen MR) is 76.7 cm³/mol. The molecule has 2 rings (SSSR count). The fourth-order valence-corrected chi connectivity index (χ4v) is 1.97. The monoisotopic (exact) mass is 308 g/mol. The van der Waals surface area contributed by atoms with E-state index in [0.29, 0.717) is 12.2 Å². The first-order valence-electron chi connectivity index (χ1n) is 6.54. The minimum Gasteiger partial charge on any atom is -0.475 e. The molecule has 118 valence electrons. The second-order valence-electron chi connectivity index (χ2n) is 4.49. The van der Waals surface area contributed by atoms with Crippen molar-refractivity contribution in [2.24, 2.45) is 0 Å². The zero-order valence-corrected chi connectivity index (χ0v) is 12.4. The van der Waals surface area contributed by atoms with Gasteiger partial charge in [0.15, 0.2) is 0 Å². The number of ether oxygens (including phenoxy) is 1. The third-order valence-corrected chi connectivity index (χ3v) is 3.08. The van der Waals surface area contributed by atoms with Gasteiger partial charge < -0.3 is 10.1 Å². The van der Waals surface area contributed by atoms with Crippen molar-refractivity contribution in [1.82, 2.24) is 19.6 Å². The summed E-state index contributed by atoms with van der Waals surface area (Å²) < 4.78 is 7.71. The standard InChI is InChI=1S/C12H16N6O4/c1-4-17-8(2)9(5-13-17)14-11(19)7-16-6-10(18(20)21)12(15-16)22-3/h5-6H,4,7H2,1-3H3,(H,14,19). The number of methoxy groups -OCH3 is 1. The summed E-state index contributed by atoms with van der Waals surface area (Å²) in [5, 5.41) is 21.5. The lowest BCUT2D eigenvalue weighted by Crippen LogP contribution is -2.19. The first-order valence-corrected chi connectivity index (χ1v) is 6.54. The number of nitrogens with zero attached hydrogens (tertiary/aromatic N) is 5. The van der Waals surface area contributed by atoms with E-state index in [1.54, 1.807) is 10.9 Å². The van der Waals surface area contributed by atoms with Crippen molar-refractivity contribution in [2.45, 2.75) is 26.9 Å². The summed E-state index contributed by atoms with van der Waals surface area (Å²) in [6, 6.07) is 0. The highest BCUT2D eigenvalue weighted by atomic mass is 16.6. The van der Waals surface area contributed by atoms with Gasteiger partial charge in [0.2, 0.25) is 5.91 Å². The molecule has 1 amide bonds. The van der Waals surface area contributed by atoms with Crippen LogP contribution >= 0.6 is 0 Å². The molecule has 10 heteroatoms. The van der Waals surface area contributed by atoms with Gasteiger partial charge in [-0.3, -0.25) is 24.3 Å². The summed E-state index contributed by atoms with van der Waals surface area (Å²) in [6.07, 6.45) is 2.71. The highest BCUT2D eigenvalue weighted by molar-refractivity contribution is 5.90. The molecule has 0 bridgehead atoms. The Balaban J connectivity index is 2.09. The fourth-order valence-electron chi connectivity index (χ4n) is 1.97. The summed E-state index contributed by atoms with van der Waals surface area (Å²) in [6.45, 7) is 4.32. The summed E-state index contributed by atoms with van der Waals surface area (Å²) in [7, 11) is 1.28. The molecule has 1 N–H and O–H groups in total. The first-order chi connectivity index (χ1) is 10.5. The van der Waals surface area contributed by atoms with Crippen LogP contribution in [-0.4, -0.2) is 37.5 Å². The van der Waals surface area contributed by atoms with Crippen molar-refractivity contribution in [1.29, 1.82) is 0 Å². The molecule has 0 fully saturated rings. The van der Waals surface area contributed by atoms with E-state index < -0.39 is 4.92 Å². The Morgan fingerprint density at radius 2 is 2.27 bits per heavy atom. The zero-order valence-electron chi connectivity index (χ0n) is 12.4. The average molecular weight is 308 g/mol. The van der Waals surface area contributed by atoms with Crippen molar-refractivity contribution in [3.8, 4) is 5.88 Å². The molecule has 0 radical (unpaired) electrons. The fraction of sp³-hybridized carbons (Fsp3) is 0.417. The van der Waals surface area contributed by atoms with Crippen LogP contribution in [0, 0.1) is 17.0 Å². The van der Waals surface area contributed by atoms with Gasteiger partial charge in [0, 0.05) is 6.54 Å². The maximum atomic E-state index is 12.0. The molecule has 2 aromatic heterocycles. The number of hydrogen-bond acceptors (Lipinski definition) is 6. The van der Waals surface area contributed by atoms with Crippen LogP contribution in [0.5, 0.6) is 5.88 Å². The Morgan fingerprint density at radius 1 is 1.55 bits per heavy atom. The summed E-state index contributed by atoms with van der Waals surface area (Å²) in [5.41, 5.74) is 1.14. The minimum absolute atomic E-state index is 0.132. The van der Waals surface area contributed by atoms with Crippen LogP contribution < -0.4 is 10.1 Å². The maximum Gasteiger partial charge on any atom is 0.350 e. The first kappa shape index (κ1) is 15.5. The van der Waals surface area contributed by atoms with E-state index >= 15 is 0 Å². The molecular formula is C12H16N6O4. The van der Waals surface area contributed by atoms with Crippen molar-refractivity contribution < 1.29 is 14.5 Å². The van der Waals surface area contributed by atoms with Gasteiger partial charge in [-0.15, -0.1) is 5.10 Å². The average Bonchev–Trinajstić information content (AvgIpc) is 3.03. The number of nitro groups is 1. The quantitative estimate of drug-likeness (QED) is 0.627. The lowest BCUT2D eigenvalue weighted by atomic mass is 10.4. The Kier molecular flexibility index (Phi) is 4.39. The van der Waals surface area contributed by atoms with Crippen LogP contribution in [0.4, 0.5) is 11.4 Å². The van der Waals surface area contributed by atoms with Gasteiger partial charge in [-0.2, -0.15) is 5.10 Å². The molecule has 0 aromatic carbocycles.